The molecule has 0 spiro atoms. The van der Waals surface area contributed by atoms with Gasteiger partial charge in [0.25, 0.3) is 0 Å². The third-order valence-electron chi connectivity index (χ3n) is 2.90. The summed E-state index contributed by atoms with van der Waals surface area (Å²) in [7, 11) is -3.10. The van der Waals surface area contributed by atoms with E-state index in [9.17, 15) is 17.2 Å². The van der Waals surface area contributed by atoms with Crippen molar-refractivity contribution in [2.75, 3.05) is 12.0 Å². The molecule has 0 radical (unpaired) electrons. The molecular formula is C12H13ClF2N2O2S. The zero-order valence-electron chi connectivity index (χ0n) is 10.7. The minimum atomic E-state index is -3.10. The summed E-state index contributed by atoms with van der Waals surface area (Å²) in [6.45, 7) is 0.214. The van der Waals surface area contributed by atoms with E-state index in [-0.39, 0.29) is 30.1 Å². The number of alkyl halides is 1. The van der Waals surface area contributed by atoms with Gasteiger partial charge < -0.3 is 4.57 Å². The van der Waals surface area contributed by atoms with Crippen LogP contribution in [0.25, 0.3) is 11.0 Å². The number of benzene rings is 1. The van der Waals surface area contributed by atoms with Crippen LogP contribution in [0.15, 0.2) is 12.1 Å². The van der Waals surface area contributed by atoms with Gasteiger partial charge in [-0.05, 0) is 18.6 Å². The number of fused-ring (bicyclic) bond motifs is 1. The summed E-state index contributed by atoms with van der Waals surface area (Å²) in [6, 6.07) is 2.38. The van der Waals surface area contributed by atoms with Crippen LogP contribution in [0, 0.1) is 11.6 Å². The summed E-state index contributed by atoms with van der Waals surface area (Å²) < 4.78 is 50.8. The number of sulfone groups is 1. The average molecular weight is 323 g/mol. The number of hydrogen-bond acceptors (Lipinski definition) is 3. The van der Waals surface area contributed by atoms with Crippen LogP contribution in [-0.4, -0.2) is 30.0 Å². The first-order valence-corrected chi connectivity index (χ1v) is 8.50. The topological polar surface area (TPSA) is 52.0 Å². The van der Waals surface area contributed by atoms with Crippen molar-refractivity contribution in [3.63, 3.8) is 0 Å². The molecule has 0 N–H and O–H groups in total. The number of halogens is 3. The molecule has 0 aliphatic heterocycles. The number of hydrogen-bond donors (Lipinski definition) is 0. The molecule has 0 atom stereocenters. The van der Waals surface area contributed by atoms with Gasteiger partial charge in [0.1, 0.15) is 21.2 Å². The van der Waals surface area contributed by atoms with Crippen molar-refractivity contribution in [3.05, 3.63) is 29.6 Å². The molecule has 0 saturated carbocycles. The van der Waals surface area contributed by atoms with Crippen LogP contribution >= 0.6 is 11.6 Å². The number of aryl methyl sites for hydroxylation is 1. The third kappa shape index (κ3) is 3.09. The van der Waals surface area contributed by atoms with Crippen LogP contribution in [0.3, 0.4) is 0 Å². The summed E-state index contributed by atoms with van der Waals surface area (Å²) in [5.41, 5.74) is 0.327. The second kappa shape index (κ2) is 5.65. The normalized spacial score (nSPS) is 12.2. The highest BCUT2D eigenvalue weighted by Gasteiger charge is 2.17. The monoisotopic (exact) mass is 322 g/mol. The van der Waals surface area contributed by atoms with E-state index in [2.05, 4.69) is 4.98 Å². The van der Waals surface area contributed by atoms with Crippen molar-refractivity contribution in [2.45, 2.75) is 18.8 Å². The highest BCUT2D eigenvalue weighted by molar-refractivity contribution is 7.90. The van der Waals surface area contributed by atoms with Crippen molar-refractivity contribution in [2.24, 2.45) is 0 Å². The molecule has 2 aromatic rings. The molecule has 0 unspecified atom stereocenters. The second-order valence-corrected chi connectivity index (χ2v) is 7.05. The van der Waals surface area contributed by atoms with Crippen molar-refractivity contribution in [3.8, 4) is 0 Å². The molecule has 20 heavy (non-hydrogen) atoms. The molecule has 1 aromatic carbocycles. The van der Waals surface area contributed by atoms with Crippen molar-refractivity contribution in [1.29, 1.82) is 0 Å². The lowest BCUT2D eigenvalue weighted by Crippen LogP contribution is -2.10. The number of imidazole rings is 1. The maximum absolute atomic E-state index is 13.9. The van der Waals surface area contributed by atoms with Crippen LogP contribution in [0.4, 0.5) is 8.78 Å². The molecular weight excluding hydrogens is 310 g/mol. The van der Waals surface area contributed by atoms with E-state index in [1.54, 1.807) is 0 Å². The van der Waals surface area contributed by atoms with E-state index in [0.717, 1.165) is 12.3 Å². The fourth-order valence-corrected chi connectivity index (χ4v) is 2.89. The van der Waals surface area contributed by atoms with E-state index >= 15 is 0 Å². The predicted molar refractivity (Wildman–Crippen MR) is 73.5 cm³/mol. The van der Waals surface area contributed by atoms with E-state index in [1.807, 2.05) is 0 Å². The predicted octanol–water partition coefficient (Wildman–Crippen LogP) is 2.49. The van der Waals surface area contributed by atoms with Gasteiger partial charge in [0.05, 0.1) is 17.1 Å². The van der Waals surface area contributed by atoms with Gasteiger partial charge in [-0.2, -0.15) is 0 Å². The van der Waals surface area contributed by atoms with E-state index in [1.165, 1.54) is 10.6 Å². The van der Waals surface area contributed by atoms with Gasteiger partial charge in [-0.1, -0.05) is 0 Å². The zero-order valence-corrected chi connectivity index (χ0v) is 12.3. The molecule has 1 aromatic heterocycles. The lowest BCUT2D eigenvalue weighted by Gasteiger charge is -2.08. The molecule has 0 saturated heterocycles. The summed E-state index contributed by atoms with van der Waals surface area (Å²) in [6.07, 6.45) is 1.41. The second-order valence-electron chi connectivity index (χ2n) is 4.53. The fraction of sp³-hybridized carbons (Fsp3) is 0.417. The molecule has 0 aliphatic carbocycles. The van der Waals surface area contributed by atoms with Crippen LogP contribution < -0.4 is 0 Å². The van der Waals surface area contributed by atoms with E-state index < -0.39 is 21.5 Å². The minimum absolute atomic E-state index is 0.0224. The third-order valence-corrected chi connectivity index (χ3v) is 4.16. The Labute approximate surface area is 120 Å². The first kappa shape index (κ1) is 15.2. The molecule has 8 heteroatoms. The molecule has 0 aliphatic rings. The zero-order chi connectivity index (χ0) is 14.9. The minimum Gasteiger partial charge on any atom is -0.324 e. The largest absolute Gasteiger partial charge is 0.324 e. The molecule has 2 rings (SSSR count). The number of rotatable bonds is 5. The molecule has 4 nitrogen and oxygen atoms in total. The Balaban J connectivity index is 2.42. The Bertz CT molecular complexity index is 743. The van der Waals surface area contributed by atoms with Gasteiger partial charge in [-0.15, -0.1) is 11.6 Å². The fourth-order valence-electron chi connectivity index (χ4n) is 2.03. The summed E-state index contributed by atoms with van der Waals surface area (Å²) >= 11 is 5.75. The van der Waals surface area contributed by atoms with Gasteiger partial charge in [0, 0.05) is 12.8 Å². The molecule has 0 amide bonds. The first-order valence-electron chi connectivity index (χ1n) is 5.90. The summed E-state index contributed by atoms with van der Waals surface area (Å²) in [5.74, 6) is -1.58. The summed E-state index contributed by atoms with van der Waals surface area (Å²) in [4.78, 5) is 4.12. The molecule has 0 bridgehead atoms. The standard InChI is InChI=1S/C12H13ClF2N2O2S/c1-20(18,19)6-2-5-17-10(7-13)16-9-4-3-8(14)11(15)12(9)17/h3-4H,2,5-7H2,1H3. The Kier molecular flexibility index (Phi) is 4.29. The number of nitrogens with zero attached hydrogens (tertiary/aromatic N) is 2. The maximum atomic E-state index is 13.9. The SMILES string of the molecule is CS(=O)(=O)CCCn1c(CCl)nc2ccc(F)c(F)c21. The highest BCUT2D eigenvalue weighted by atomic mass is 35.5. The Morgan fingerprint density at radius 2 is 2.05 bits per heavy atom. The van der Waals surface area contributed by atoms with Crippen LogP contribution in [0.2, 0.25) is 0 Å². The van der Waals surface area contributed by atoms with Gasteiger partial charge >= 0.3 is 0 Å². The van der Waals surface area contributed by atoms with Crippen molar-refractivity contribution >= 4 is 32.5 Å². The average Bonchev–Trinajstić information content (AvgIpc) is 2.71. The quantitative estimate of drug-likeness (QED) is 0.795. The van der Waals surface area contributed by atoms with Crippen LogP contribution in [-0.2, 0) is 22.3 Å². The van der Waals surface area contributed by atoms with E-state index in [4.69, 9.17) is 11.6 Å². The first-order chi connectivity index (χ1) is 9.33. The van der Waals surface area contributed by atoms with Gasteiger partial charge in [0.15, 0.2) is 11.6 Å². The lowest BCUT2D eigenvalue weighted by atomic mass is 10.3. The summed E-state index contributed by atoms with van der Waals surface area (Å²) in [5, 5.41) is 0. The Hall–Kier alpha value is -1.21. The smallest absolute Gasteiger partial charge is 0.184 e. The molecule has 110 valence electrons. The number of aromatic nitrogens is 2. The van der Waals surface area contributed by atoms with Gasteiger partial charge in [-0.25, -0.2) is 22.2 Å². The lowest BCUT2D eigenvalue weighted by molar-refractivity contribution is 0.509. The van der Waals surface area contributed by atoms with Crippen molar-refractivity contribution in [1.82, 2.24) is 9.55 Å². The van der Waals surface area contributed by atoms with Crippen LogP contribution in [0.5, 0.6) is 0 Å². The van der Waals surface area contributed by atoms with Crippen molar-refractivity contribution < 1.29 is 17.2 Å². The van der Waals surface area contributed by atoms with Gasteiger partial charge in [-0.3, -0.25) is 0 Å². The Morgan fingerprint density at radius 1 is 1.35 bits per heavy atom. The molecule has 0 fully saturated rings. The maximum Gasteiger partial charge on any atom is 0.184 e. The van der Waals surface area contributed by atoms with Gasteiger partial charge in [0.2, 0.25) is 0 Å². The highest BCUT2D eigenvalue weighted by Crippen LogP contribution is 2.23. The molecule has 1 heterocycles. The van der Waals surface area contributed by atoms with E-state index in [0.29, 0.717) is 11.3 Å². The Morgan fingerprint density at radius 3 is 2.65 bits per heavy atom. The van der Waals surface area contributed by atoms with Crippen LogP contribution in [0.1, 0.15) is 12.2 Å².